The highest BCUT2D eigenvalue weighted by Crippen LogP contribution is 2.38. The number of ether oxygens (including phenoxy) is 3. The standard InChI is InChI=1S/C20H20N2O5/c1-12-5-7-13(8-6-12)15-11-18(27-22-15)21-20(23)14-9-16(24-2)19(26-4)17(10-14)25-3/h5-11H,1-4H3,(H,21,23). The summed E-state index contributed by atoms with van der Waals surface area (Å²) in [5, 5.41) is 6.68. The molecule has 1 N–H and O–H groups in total. The van der Waals surface area contributed by atoms with Crippen molar-refractivity contribution in [3.63, 3.8) is 0 Å². The van der Waals surface area contributed by atoms with Gasteiger partial charge in [-0.1, -0.05) is 35.0 Å². The van der Waals surface area contributed by atoms with Crippen LogP contribution in [0.1, 0.15) is 15.9 Å². The third kappa shape index (κ3) is 3.87. The average Bonchev–Trinajstić information content (AvgIpc) is 3.15. The largest absolute Gasteiger partial charge is 0.493 e. The summed E-state index contributed by atoms with van der Waals surface area (Å²) in [6.07, 6.45) is 0. The van der Waals surface area contributed by atoms with Gasteiger partial charge in [0.25, 0.3) is 5.91 Å². The van der Waals surface area contributed by atoms with Crippen LogP contribution in [-0.2, 0) is 0 Å². The predicted octanol–water partition coefficient (Wildman–Crippen LogP) is 3.93. The fourth-order valence-electron chi connectivity index (χ4n) is 2.59. The van der Waals surface area contributed by atoms with Gasteiger partial charge in [0, 0.05) is 17.2 Å². The second-order valence-electron chi connectivity index (χ2n) is 5.81. The van der Waals surface area contributed by atoms with Gasteiger partial charge in [-0.05, 0) is 19.1 Å². The van der Waals surface area contributed by atoms with Crippen LogP contribution in [0.15, 0.2) is 47.0 Å². The molecule has 7 nitrogen and oxygen atoms in total. The van der Waals surface area contributed by atoms with Crippen molar-refractivity contribution < 1.29 is 23.5 Å². The Hall–Kier alpha value is -3.48. The number of carbonyl (C=O) groups is 1. The topological polar surface area (TPSA) is 82.8 Å². The first-order chi connectivity index (χ1) is 13.0. The van der Waals surface area contributed by atoms with Gasteiger partial charge in [0.1, 0.15) is 5.69 Å². The zero-order chi connectivity index (χ0) is 19.4. The fraction of sp³-hybridized carbons (Fsp3) is 0.200. The van der Waals surface area contributed by atoms with E-state index in [0.29, 0.717) is 28.5 Å². The smallest absolute Gasteiger partial charge is 0.258 e. The van der Waals surface area contributed by atoms with E-state index in [-0.39, 0.29) is 11.8 Å². The van der Waals surface area contributed by atoms with Crippen LogP contribution in [0.5, 0.6) is 17.2 Å². The summed E-state index contributed by atoms with van der Waals surface area (Å²) in [6, 6.07) is 12.6. The minimum atomic E-state index is -0.388. The zero-order valence-corrected chi connectivity index (χ0v) is 15.5. The Balaban J connectivity index is 1.82. The molecule has 1 heterocycles. The van der Waals surface area contributed by atoms with Gasteiger partial charge in [-0.2, -0.15) is 0 Å². The molecular weight excluding hydrogens is 348 g/mol. The average molecular weight is 368 g/mol. The SMILES string of the molecule is COc1cc(C(=O)Nc2cc(-c3ccc(C)cc3)no2)cc(OC)c1OC. The molecule has 0 aliphatic heterocycles. The molecule has 0 radical (unpaired) electrons. The molecule has 0 bridgehead atoms. The van der Waals surface area contributed by atoms with Gasteiger partial charge >= 0.3 is 0 Å². The maximum Gasteiger partial charge on any atom is 0.258 e. The Bertz CT molecular complexity index is 922. The summed E-state index contributed by atoms with van der Waals surface area (Å²) < 4.78 is 21.0. The first kappa shape index (κ1) is 18.3. The molecule has 0 saturated heterocycles. The van der Waals surface area contributed by atoms with E-state index >= 15 is 0 Å². The van der Waals surface area contributed by atoms with E-state index in [1.54, 1.807) is 18.2 Å². The number of amides is 1. The number of methoxy groups -OCH3 is 3. The summed E-state index contributed by atoms with van der Waals surface area (Å²) in [5.74, 6) is 1.04. The predicted molar refractivity (Wildman–Crippen MR) is 101 cm³/mol. The van der Waals surface area contributed by atoms with Gasteiger partial charge in [-0.3, -0.25) is 10.1 Å². The van der Waals surface area contributed by atoms with E-state index in [1.165, 1.54) is 21.3 Å². The summed E-state index contributed by atoms with van der Waals surface area (Å²) in [4.78, 5) is 12.6. The summed E-state index contributed by atoms with van der Waals surface area (Å²) >= 11 is 0. The van der Waals surface area contributed by atoms with E-state index < -0.39 is 0 Å². The zero-order valence-electron chi connectivity index (χ0n) is 15.5. The Morgan fingerprint density at radius 2 is 1.59 bits per heavy atom. The number of benzene rings is 2. The molecule has 0 saturated carbocycles. The summed E-state index contributed by atoms with van der Waals surface area (Å²) in [7, 11) is 4.48. The molecule has 0 fully saturated rings. The van der Waals surface area contributed by atoms with E-state index in [4.69, 9.17) is 18.7 Å². The number of nitrogens with one attached hydrogen (secondary N) is 1. The third-order valence-corrected chi connectivity index (χ3v) is 4.02. The monoisotopic (exact) mass is 368 g/mol. The normalized spacial score (nSPS) is 10.4. The lowest BCUT2D eigenvalue weighted by atomic mass is 10.1. The van der Waals surface area contributed by atoms with E-state index in [0.717, 1.165) is 11.1 Å². The number of hydrogen-bond acceptors (Lipinski definition) is 6. The molecule has 0 aliphatic rings. The number of rotatable bonds is 6. The lowest BCUT2D eigenvalue weighted by Crippen LogP contribution is -2.12. The Morgan fingerprint density at radius 1 is 0.963 bits per heavy atom. The molecule has 27 heavy (non-hydrogen) atoms. The molecule has 140 valence electrons. The maximum absolute atomic E-state index is 12.6. The van der Waals surface area contributed by atoms with Crippen LogP contribution in [0.4, 0.5) is 5.88 Å². The minimum absolute atomic E-state index is 0.240. The van der Waals surface area contributed by atoms with Crippen molar-refractivity contribution >= 4 is 11.8 Å². The molecule has 0 aliphatic carbocycles. The van der Waals surface area contributed by atoms with Crippen LogP contribution in [0, 0.1) is 6.92 Å². The third-order valence-electron chi connectivity index (χ3n) is 4.02. The Labute approximate surface area is 156 Å². The number of nitrogens with zero attached hydrogens (tertiary/aromatic N) is 1. The molecule has 2 aromatic carbocycles. The summed E-state index contributed by atoms with van der Waals surface area (Å²) in [6.45, 7) is 2.01. The van der Waals surface area contributed by atoms with Gasteiger partial charge in [0.15, 0.2) is 11.5 Å². The van der Waals surface area contributed by atoms with Crippen LogP contribution in [0.3, 0.4) is 0 Å². The van der Waals surface area contributed by atoms with Crippen molar-refractivity contribution in [2.24, 2.45) is 0 Å². The Kier molecular flexibility index (Phi) is 5.30. The van der Waals surface area contributed by atoms with E-state index in [9.17, 15) is 4.79 Å². The second kappa shape index (κ2) is 7.82. The van der Waals surface area contributed by atoms with Gasteiger partial charge in [0.05, 0.1) is 21.3 Å². The van der Waals surface area contributed by atoms with Gasteiger partial charge in [-0.25, -0.2) is 0 Å². The van der Waals surface area contributed by atoms with Crippen molar-refractivity contribution in [2.75, 3.05) is 26.6 Å². The molecule has 1 aromatic heterocycles. The van der Waals surface area contributed by atoms with Crippen LogP contribution in [-0.4, -0.2) is 32.4 Å². The van der Waals surface area contributed by atoms with Crippen molar-refractivity contribution in [2.45, 2.75) is 6.92 Å². The lowest BCUT2D eigenvalue weighted by Gasteiger charge is -2.13. The highest BCUT2D eigenvalue weighted by Gasteiger charge is 2.18. The van der Waals surface area contributed by atoms with E-state index in [2.05, 4.69) is 10.5 Å². The molecule has 0 spiro atoms. The highest BCUT2D eigenvalue weighted by molar-refractivity contribution is 6.04. The molecule has 0 atom stereocenters. The van der Waals surface area contributed by atoms with Crippen molar-refractivity contribution in [3.05, 3.63) is 53.6 Å². The van der Waals surface area contributed by atoms with Crippen molar-refractivity contribution in [1.82, 2.24) is 5.16 Å². The van der Waals surface area contributed by atoms with Crippen molar-refractivity contribution in [1.29, 1.82) is 0 Å². The molecule has 3 rings (SSSR count). The van der Waals surface area contributed by atoms with Crippen LogP contribution >= 0.6 is 0 Å². The molecule has 3 aromatic rings. The fourth-order valence-corrected chi connectivity index (χ4v) is 2.59. The number of hydrogen-bond donors (Lipinski definition) is 1. The van der Waals surface area contributed by atoms with Crippen molar-refractivity contribution in [3.8, 4) is 28.5 Å². The van der Waals surface area contributed by atoms with Crippen LogP contribution < -0.4 is 19.5 Å². The lowest BCUT2D eigenvalue weighted by molar-refractivity contribution is 0.102. The molecule has 1 amide bonds. The number of aryl methyl sites for hydroxylation is 1. The second-order valence-corrected chi connectivity index (χ2v) is 5.81. The summed E-state index contributed by atoms with van der Waals surface area (Å²) in [5.41, 5.74) is 3.02. The van der Waals surface area contributed by atoms with E-state index in [1.807, 2.05) is 31.2 Å². The number of anilines is 1. The molecule has 7 heteroatoms. The van der Waals surface area contributed by atoms with Gasteiger partial charge in [-0.15, -0.1) is 0 Å². The molecule has 0 unspecified atom stereocenters. The highest BCUT2D eigenvalue weighted by atomic mass is 16.5. The number of carbonyl (C=O) groups excluding carboxylic acids is 1. The maximum atomic E-state index is 12.6. The Morgan fingerprint density at radius 3 is 2.15 bits per heavy atom. The first-order valence-corrected chi connectivity index (χ1v) is 8.20. The quantitative estimate of drug-likeness (QED) is 0.710. The van der Waals surface area contributed by atoms with Crippen LogP contribution in [0.25, 0.3) is 11.3 Å². The molecular formula is C20H20N2O5. The first-order valence-electron chi connectivity index (χ1n) is 8.20. The minimum Gasteiger partial charge on any atom is -0.493 e. The number of aromatic nitrogens is 1. The van der Waals surface area contributed by atoms with Gasteiger partial charge in [0.2, 0.25) is 11.6 Å². The van der Waals surface area contributed by atoms with Crippen LogP contribution in [0.2, 0.25) is 0 Å². The van der Waals surface area contributed by atoms with Gasteiger partial charge < -0.3 is 18.7 Å².